The van der Waals surface area contributed by atoms with Crippen molar-refractivity contribution in [1.82, 2.24) is 0 Å². The molecule has 18 heavy (non-hydrogen) atoms. The van der Waals surface area contributed by atoms with Crippen molar-refractivity contribution in [2.24, 2.45) is 0 Å². The molecule has 0 amide bonds. The van der Waals surface area contributed by atoms with Crippen molar-refractivity contribution in [3.63, 3.8) is 0 Å². The maximum Gasteiger partial charge on any atom is 0.186 e. The fourth-order valence-electron chi connectivity index (χ4n) is 2.06. The lowest BCUT2D eigenvalue weighted by atomic mass is 10.0. The summed E-state index contributed by atoms with van der Waals surface area (Å²) in [6.07, 6.45) is 0. The van der Waals surface area contributed by atoms with Crippen LogP contribution in [0.5, 0.6) is 0 Å². The zero-order valence-corrected chi connectivity index (χ0v) is 13.2. The van der Waals surface area contributed by atoms with E-state index in [0.29, 0.717) is 0 Å². The Balaban J connectivity index is 2.35. The molecule has 1 nitrogen and oxygen atoms in total. The maximum atomic E-state index is 12.4. The first kappa shape index (κ1) is 13.8. The van der Waals surface area contributed by atoms with Gasteiger partial charge in [0.15, 0.2) is 5.78 Å². The molecule has 0 aliphatic heterocycles. The molecule has 2 aromatic rings. The lowest BCUT2D eigenvalue weighted by Gasteiger charge is -2.07. The van der Waals surface area contributed by atoms with Gasteiger partial charge in [-0.1, -0.05) is 0 Å². The van der Waals surface area contributed by atoms with Crippen LogP contribution in [0.2, 0.25) is 0 Å². The summed E-state index contributed by atoms with van der Waals surface area (Å²) >= 11 is 9.68. The van der Waals surface area contributed by atoms with E-state index in [1.54, 1.807) is 22.7 Å². The number of hydrogen-bond donors (Lipinski definition) is 0. The standard InChI is InChI=1S/C14H15ClOS2/c1-7-5-11(9(3)17-7)13(15)14(16)12-6-8(2)18-10(12)4/h5-6,13H,1-4H3. The highest BCUT2D eigenvalue weighted by Crippen LogP contribution is 2.34. The number of aryl methyl sites for hydroxylation is 4. The molecule has 2 aromatic heterocycles. The van der Waals surface area contributed by atoms with Gasteiger partial charge in [0.2, 0.25) is 0 Å². The van der Waals surface area contributed by atoms with Crippen LogP contribution in [0.15, 0.2) is 12.1 Å². The van der Waals surface area contributed by atoms with Gasteiger partial charge in [-0.2, -0.15) is 0 Å². The second-order valence-electron chi connectivity index (χ2n) is 4.42. The quantitative estimate of drug-likeness (QED) is 0.562. The number of alkyl halides is 1. The van der Waals surface area contributed by atoms with Crippen LogP contribution in [0.25, 0.3) is 0 Å². The Bertz CT molecular complexity index is 595. The normalized spacial score (nSPS) is 12.7. The Morgan fingerprint density at radius 3 is 2.06 bits per heavy atom. The Morgan fingerprint density at radius 1 is 1.06 bits per heavy atom. The summed E-state index contributed by atoms with van der Waals surface area (Å²) in [5, 5.41) is -0.567. The van der Waals surface area contributed by atoms with Gasteiger partial charge in [0.25, 0.3) is 0 Å². The first-order chi connectivity index (χ1) is 8.40. The molecule has 0 bridgehead atoms. The zero-order chi connectivity index (χ0) is 13.4. The van der Waals surface area contributed by atoms with Gasteiger partial charge in [-0.3, -0.25) is 4.79 Å². The van der Waals surface area contributed by atoms with E-state index in [4.69, 9.17) is 11.6 Å². The van der Waals surface area contributed by atoms with Crippen molar-refractivity contribution < 1.29 is 4.79 Å². The Hall–Kier alpha value is -0.640. The highest BCUT2D eigenvalue weighted by Gasteiger charge is 2.24. The van der Waals surface area contributed by atoms with Crippen LogP contribution < -0.4 is 0 Å². The largest absolute Gasteiger partial charge is 0.292 e. The molecule has 2 rings (SSSR count). The van der Waals surface area contributed by atoms with E-state index in [0.717, 1.165) is 25.8 Å². The number of Topliss-reactive ketones (excluding diaryl/α,β-unsaturated/α-hetero) is 1. The lowest BCUT2D eigenvalue weighted by molar-refractivity contribution is 0.0987. The smallest absolute Gasteiger partial charge is 0.186 e. The van der Waals surface area contributed by atoms with Crippen molar-refractivity contribution in [3.8, 4) is 0 Å². The van der Waals surface area contributed by atoms with Crippen LogP contribution in [0.3, 0.4) is 0 Å². The van der Waals surface area contributed by atoms with Gasteiger partial charge in [0.1, 0.15) is 5.38 Å². The van der Waals surface area contributed by atoms with Gasteiger partial charge in [-0.05, 0) is 45.4 Å². The molecule has 0 N–H and O–H groups in total. The minimum absolute atomic E-state index is 0.0133. The second-order valence-corrected chi connectivity index (χ2v) is 7.78. The fraction of sp³-hybridized carbons (Fsp3) is 0.357. The molecule has 2 heterocycles. The molecule has 0 aromatic carbocycles. The molecule has 0 spiro atoms. The first-order valence-electron chi connectivity index (χ1n) is 5.72. The summed E-state index contributed by atoms with van der Waals surface area (Å²) in [7, 11) is 0. The molecule has 4 heteroatoms. The van der Waals surface area contributed by atoms with Gasteiger partial charge in [-0.15, -0.1) is 34.3 Å². The Kier molecular flexibility index (Phi) is 3.95. The van der Waals surface area contributed by atoms with Crippen LogP contribution in [0.1, 0.15) is 40.8 Å². The van der Waals surface area contributed by atoms with Crippen LogP contribution in [0, 0.1) is 27.7 Å². The average Bonchev–Trinajstić information content (AvgIpc) is 2.79. The topological polar surface area (TPSA) is 17.1 Å². The highest BCUT2D eigenvalue weighted by molar-refractivity contribution is 7.12. The predicted molar refractivity (Wildman–Crippen MR) is 80.5 cm³/mol. The fourth-order valence-corrected chi connectivity index (χ4v) is 4.36. The van der Waals surface area contributed by atoms with E-state index in [1.165, 1.54) is 4.88 Å². The molecule has 0 aliphatic rings. The van der Waals surface area contributed by atoms with Gasteiger partial charge in [-0.25, -0.2) is 0 Å². The van der Waals surface area contributed by atoms with Crippen molar-refractivity contribution in [3.05, 3.63) is 42.8 Å². The Labute approximate surface area is 120 Å². The van der Waals surface area contributed by atoms with Gasteiger partial charge in [0.05, 0.1) is 0 Å². The molecule has 0 aliphatic carbocycles. The number of carbonyl (C=O) groups is 1. The molecular formula is C14H15ClOS2. The number of hydrogen-bond acceptors (Lipinski definition) is 3. The zero-order valence-electron chi connectivity index (χ0n) is 10.8. The van der Waals surface area contributed by atoms with Crippen LogP contribution in [0.4, 0.5) is 0 Å². The van der Waals surface area contributed by atoms with Gasteiger partial charge in [0, 0.05) is 25.1 Å². The molecule has 0 fully saturated rings. The van der Waals surface area contributed by atoms with Crippen molar-refractivity contribution in [1.29, 1.82) is 0 Å². The number of thiophene rings is 2. The van der Waals surface area contributed by atoms with E-state index in [2.05, 4.69) is 0 Å². The second kappa shape index (κ2) is 5.16. The third-order valence-electron chi connectivity index (χ3n) is 2.89. The monoisotopic (exact) mass is 298 g/mol. The van der Waals surface area contributed by atoms with Gasteiger partial charge < -0.3 is 0 Å². The van der Waals surface area contributed by atoms with E-state index < -0.39 is 5.38 Å². The third kappa shape index (κ3) is 2.53. The summed E-state index contributed by atoms with van der Waals surface area (Å²) in [6, 6.07) is 3.95. The van der Waals surface area contributed by atoms with Crippen LogP contribution in [-0.2, 0) is 0 Å². The van der Waals surface area contributed by atoms with E-state index in [1.807, 2.05) is 39.8 Å². The summed E-state index contributed by atoms with van der Waals surface area (Å²) in [6.45, 7) is 8.04. The lowest BCUT2D eigenvalue weighted by Crippen LogP contribution is -2.07. The summed E-state index contributed by atoms with van der Waals surface area (Å²) in [5.41, 5.74) is 1.72. The SMILES string of the molecule is Cc1cc(C(=O)C(Cl)c2cc(C)sc2C)c(C)s1. The Morgan fingerprint density at radius 2 is 1.61 bits per heavy atom. The molecule has 1 unspecified atom stereocenters. The minimum atomic E-state index is -0.567. The van der Waals surface area contributed by atoms with Gasteiger partial charge >= 0.3 is 0 Å². The van der Waals surface area contributed by atoms with Crippen molar-refractivity contribution in [2.75, 3.05) is 0 Å². The van der Waals surface area contributed by atoms with Crippen molar-refractivity contribution >= 4 is 40.1 Å². The number of ketones is 1. The molecule has 0 radical (unpaired) electrons. The van der Waals surface area contributed by atoms with E-state index in [-0.39, 0.29) is 5.78 Å². The molecule has 96 valence electrons. The molecule has 0 saturated heterocycles. The first-order valence-corrected chi connectivity index (χ1v) is 7.79. The minimum Gasteiger partial charge on any atom is -0.292 e. The van der Waals surface area contributed by atoms with E-state index >= 15 is 0 Å². The number of halogens is 1. The molecule has 1 atom stereocenters. The number of carbonyl (C=O) groups excluding carboxylic acids is 1. The summed E-state index contributed by atoms with van der Waals surface area (Å²) in [4.78, 5) is 16.9. The summed E-state index contributed by atoms with van der Waals surface area (Å²) < 4.78 is 0. The van der Waals surface area contributed by atoms with E-state index in [9.17, 15) is 4.79 Å². The van der Waals surface area contributed by atoms with Crippen LogP contribution >= 0.6 is 34.3 Å². The van der Waals surface area contributed by atoms with Crippen LogP contribution in [-0.4, -0.2) is 5.78 Å². The number of rotatable bonds is 3. The summed E-state index contributed by atoms with van der Waals surface area (Å²) in [5.74, 6) is 0.0133. The highest BCUT2D eigenvalue weighted by atomic mass is 35.5. The van der Waals surface area contributed by atoms with Crippen molar-refractivity contribution in [2.45, 2.75) is 33.1 Å². The third-order valence-corrected chi connectivity index (χ3v) is 5.27. The predicted octanol–water partition coefficient (Wildman–Crippen LogP) is 5.21. The molecular weight excluding hydrogens is 284 g/mol. The average molecular weight is 299 g/mol. The maximum absolute atomic E-state index is 12.4. The molecule has 0 saturated carbocycles.